The lowest BCUT2D eigenvalue weighted by Gasteiger charge is -2.34. The number of likely N-dealkylation sites (tertiary alicyclic amines) is 1. The van der Waals surface area contributed by atoms with E-state index in [0.29, 0.717) is 35.3 Å². The summed E-state index contributed by atoms with van der Waals surface area (Å²) in [5.41, 5.74) is 0.913. The zero-order valence-corrected chi connectivity index (χ0v) is 18.1. The number of rotatable bonds is 4. The number of piperidine rings is 1. The zero-order valence-electron chi connectivity index (χ0n) is 16.6. The molecule has 1 unspecified atom stereocenters. The van der Waals surface area contributed by atoms with Gasteiger partial charge in [-0.05, 0) is 45.4 Å². The molecule has 0 aromatic heterocycles. The van der Waals surface area contributed by atoms with Gasteiger partial charge in [-0.3, -0.25) is 9.79 Å². The second-order valence-corrected chi connectivity index (χ2v) is 8.37. The molecular weight excluding hydrogens is 403 g/mol. The Morgan fingerprint density at radius 3 is 2.61 bits per heavy atom. The van der Waals surface area contributed by atoms with Crippen molar-refractivity contribution in [1.29, 1.82) is 0 Å². The zero-order chi connectivity index (χ0) is 20.9. The summed E-state index contributed by atoms with van der Waals surface area (Å²) in [7, 11) is 0. The molecule has 1 aliphatic rings. The molecule has 154 valence electrons. The molecule has 1 saturated heterocycles. The average Bonchev–Trinajstić information content (AvgIpc) is 2.59. The van der Waals surface area contributed by atoms with Gasteiger partial charge < -0.3 is 14.4 Å². The Bertz CT molecular complexity index is 759. The van der Waals surface area contributed by atoms with Gasteiger partial charge in [-0.25, -0.2) is 4.79 Å². The SMILES string of the molecule is CCOC(=O)C1CN(C(=O)OC(C)(C)C)CCC1=NCc1ccc(Cl)cc1Cl. The molecule has 8 heteroatoms. The third kappa shape index (κ3) is 6.38. The second-order valence-electron chi connectivity index (χ2n) is 7.52. The molecule has 0 spiro atoms. The maximum atomic E-state index is 12.5. The van der Waals surface area contributed by atoms with E-state index in [9.17, 15) is 9.59 Å². The van der Waals surface area contributed by atoms with Crippen molar-refractivity contribution in [2.75, 3.05) is 19.7 Å². The van der Waals surface area contributed by atoms with Crippen LogP contribution < -0.4 is 0 Å². The number of halogens is 2. The number of benzene rings is 1. The lowest BCUT2D eigenvalue weighted by molar-refractivity contribution is -0.146. The molecule has 6 nitrogen and oxygen atoms in total. The van der Waals surface area contributed by atoms with Gasteiger partial charge in [0.25, 0.3) is 0 Å². The van der Waals surface area contributed by atoms with E-state index in [1.54, 1.807) is 39.8 Å². The van der Waals surface area contributed by atoms with Crippen molar-refractivity contribution in [2.24, 2.45) is 10.9 Å². The molecule has 1 aliphatic heterocycles. The first-order chi connectivity index (χ1) is 13.1. The summed E-state index contributed by atoms with van der Waals surface area (Å²) in [5, 5.41) is 1.08. The minimum absolute atomic E-state index is 0.181. The van der Waals surface area contributed by atoms with Crippen molar-refractivity contribution in [2.45, 2.75) is 46.3 Å². The van der Waals surface area contributed by atoms with Gasteiger partial charge in [0, 0.05) is 35.3 Å². The Balaban J connectivity index is 2.16. The molecule has 1 atom stereocenters. The van der Waals surface area contributed by atoms with E-state index in [2.05, 4.69) is 4.99 Å². The predicted octanol–water partition coefficient (Wildman–Crippen LogP) is 4.75. The fourth-order valence-electron chi connectivity index (χ4n) is 2.81. The minimum atomic E-state index is -0.618. The standard InChI is InChI=1S/C20H26Cl2N2O4/c1-5-27-18(25)15-12-24(19(26)28-20(2,3)4)9-8-17(15)23-11-13-6-7-14(21)10-16(13)22/h6-7,10,15H,5,8-9,11-12H2,1-4H3. The molecule has 0 radical (unpaired) electrons. The highest BCUT2D eigenvalue weighted by Crippen LogP contribution is 2.24. The summed E-state index contributed by atoms with van der Waals surface area (Å²) < 4.78 is 10.6. The summed E-state index contributed by atoms with van der Waals surface area (Å²) in [6, 6.07) is 5.22. The molecule has 1 amide bonds. The van der Waals surface area contributed by atoms with Crippen LogP contribution in [0.25, 0.3) is 0 Å². The number of nitrogens with zero attached hydrogens (tertiary/aromatic N) is 2. The highest BCUT2D eigenvalue weighted by atomic mass is 35.5. The lowest BCUT2D eigenvalue weighted by Crippen LogP contribution is -2.48. The summed E-state index contributed by atoms with van der Waals surface area (Å²) in [4.78, 5) is 31.0. The Hall–Kier alpha value is -1.79. The lowest BCUT2D eigenvalue weighted by atomic mass is 9.95. The van der Waals surface area contributed by atoms with Crippen LogP contribution in [0.4, 0.5) is 4.79 Å². The van der Waals surface area contributed by atoms with Crippen molar-refractivity contribution >= 4 is 41.0 Å². The van der Waals surface area contributed by atoms with Crippen LogP contribution in [0.5, 0.6) is 0 Å². The van der Waals surface area contributed by atoms with Gasteiger partial charge in [0.15, 0.2) is 0 Å². The van der Waals surface area contributed by atoms with Crippen LogP contribution in [0.1, 0.15) is 39.7 Å². The van der Waals surface area contributed by atoms with Gasteiger partial charge in [-0.1, -0.05) is 29.3 Å². The van der Waals surface area contributed by atoms with E-state index < -0.39 is 23.6 Å². The average molecular weight is 429 g/mol. The fourth-order valence-corrected chi connectivity index (χ4v) is 3.28. The van der Waals surface area contributed by atoms with Crippen molar-refractivity contribution in [3.8, 4) is 0 Å². The Morgan fingerprint density at radius 1 is 1.29 bits per heavy atom. The van der Waals surface area contributed by atoms with Gasteiger partial charge in [0.2, 0.25) is 0 Å². The monoisotopic (exact) mass is 428 g/mol. The van der Waals surface area contributed by atoms with Crippen molar-refractivity contribution in [1.82, 2.24) is 4.90 Å². The maximum Gasteiger partial charge on any atom is 0.410 e. The molecule has 0 N–H and O–H groups in total. The van der Waals surface area contributed by atoms with Gasteiger partial charge in [0.05, 0.1) is 13.2 Å². The van der Waals surface area contributed by atoms with E-state index in [4.69, 9.17) is 32.7 Å². The smallest absolute Gasteiger partial charge is 0.410 e. The normalized spacial score (nSPS) is 18.9. The van der Waals surface area contributed by atoms with Crippen molar-refractivity contribution in [3.63, 3.8) is 0 Å². The van der Waals surface area contributed by atoms with Gasteiger partial charge in [-0.2, -0.15) is 0 Å². The summed E-state index contributed by atoms with van der Waals surface area (Å²) >= 11 is 12.1. The Labute approximate surface area is 175 Å². The molecule has 1 heterocycles. The van der Waals surface area contributed by atoms with Gasteiger partial charge >= 0.3 is 12.1 Å². The quantitative estimate of drug-likeness (QED) is 0.648. The summed E-state index contributed by atoms with van der Waals surface area (Å²) in [6.45, 7) is 8.36. The number of carbonyl (C=O) groups excluding carboxylic acids is 2. The van der Waals surface area contributed by atoms with Gasteiger partial charge in [0.1, 0.15) is 11.5 Å². The fraction of sp³-hybridized carbons (Fsp3) is 0.550. The van der Waals surface area contributed by atoms with Crippen LogP contribution in [-0.4, -0.2) is 48.0 Å². The number of esters is 1. The van der Waals surface area contributed by atoms with Gasteiger partial charge in [-0.15, -0.1) is 0 Å². The van der Waals surface area contributed by atoms with Crippen molar-refractivity contribution < 1.29 is 19.1 Å². The van der Waals surface area contributed by atoms with Crippen molar-refractivity contribution in [3.05, 3.63) is 33.8 Å². The first-order valence-corrected chi connectivity index (χ1v) is 9.98. The Kier molecular flexibility index (Phi) is 7.72. The molecule has 1 fully saturated rings. The molecule has 0 aliphatic carbocycles. The minimum Gasteiger partial charge on any atom is -0.465 e. The highest BCUT2D eigenvalue weighted by Gasteiger charge is 2.35. The third-order valence-electron chi connectivity index (χ3n) is 4.13. The van der Waals surface area contributed by atoms with E-state index in [-0.39, 0.29) is 13.2 Å². The summed E-state index contributed by atoms with van der Waals surface area (Å²) in [5.74, 6) is -1.01. The number of carbonyl (C=O) groups is 2. The number of ether oxygens (including phenoxy) is 2. The summed E-state index contributed by atoms with van der Waals surface area (Å²) in [6.07, 6.45) is 0.0232. The topological polar surface area (TPSA) is 68.2 Å². The van der Waals surface area contributed by atoms with Crippen LogP contribution >= 0.6 is 23.2 Å². The molecule has 0 bridgehead atoms. The molecule has 2 rings (SSSR count). The van der Waals surface area contributed by atoms with Crippen LogP contribution in [0.3, 0.4) is 0 Å². The number of hydrogen-bond acceptors (Lipinski definition) is 5. The first kappa shape index (κ1) is 22.5. The van der Waals surface area contributed by atoms with E-state index >= 15 is 0 Å². The number of aliphatic imine (C=N–C) groups is 1. The largest absolute Gasteiger partial charge is 0.465 e. The van der Waals surface area contributed by atoms with Crippen LogP contribution in [-0.2, 0) is 20.8 Å². The maximum absolute atomic E-state index is 12.5. The highest BCUT2D eigenvalue weighted by molar-refractivity contribution is 6.35. The Morgan fingerprint density at radius 2 is 2.00 bits per heavy atom. The van der Waals surface area contributed by atoms with E-state index in [1.165, 1.54) is 4.90 Å². The van der Waals surface area contributed by atoms with E-state index in [0.717, 1.165) is 5.56 Å². The second kappa shape index (κ2) is 9.61. The third-order valence-corrected chi connectivity index (χ3v) is 4.72. The molecule has 0 saturated carbocycles. The number of hydrogen-bond donors (Lipinski definition) is 0. The van der Waals surface area contributed by atoms with Crippen LogP contribution in [0.15, 0.2) is 23.2 Å². The molecule has 1 aromatic carbocycles. The predicted molar refractivity (Wildman–Crippen MR) is 110 cm³/mol. The first-order valence-electron chi connectivity index (χ1n) is 9.22. The van der Waals surface area contributed by atoms with E-state index in [1.807, 2.05) is 6.07 Å². The number of amides is 1. The molecule has 1 aromatic rings. The molecular formula is C20H26Cl2N2O4. The van der Waals surface area contributed by atoms with Crippen LogP contribution in [0.2, 0.25) is 10.0 Å². The molecule has 28 heavy (non-hydrogen) atoms. The van der Waals surface area contributed by atoms with Crippen LogP contribution in [0, 0.1) is 5.92 Å².